The van der Waals surface area contributed by atoms with E-state index < -0.39 is 11.6 Å². The minimum Gasteiger partial charge on any atom is -0.368 e. The lowest BCUT2D eigenvalue weighted by atomic mass is 9.96. The molecule has 0 radical (unpaired) electrons. The van der Waals surface area contributed by atoms with Crippen LogP contribution >= 0.6 is 0 Å². The third-order valence-corrected chi connectivity index (χ3v) is 7.01. The Balaban J connectivity index is 1.51. The monoisotopic (exact) mass is 488 g/mol. The Morgan fingerprint density at radius 3 is 2.78 bits per heavy atom. The highest BCUT2D eigenvalue weighted by Crippen LogP contribution is 2.40. The van der Waals surface area contributed by atoms with Crippen molar-refractivity contribution in [3.8, 4) is 17.2 Å². The topological polar surface area (TPSA) is 93.9 Å². The van der Waals surface area contributed by atoms with Crippen LogP contribution in [-0.2, 0) is 6.54 Å². The predicted octanol–water partition coefficient (Wildman–Crippen LogP) is 3.94. The lowest BCUT2D eigenvalue weighted by molar-refractivity contribution is 0.0951. The molecule has 2 atom stereocenters. The van der Waals surface area contributed by atoms with Crippen molar-refractivity contribution in [1.82, 2.24) is 20.6 Å². The minimum atomic E-state index is -0.694. The van der Waals surface area contributed by atoms with Crippen molar-refractivity contribution in [1.29, 1.82) is 5.26 Å². The summed E-state index contributed by atoms with van der Waals surface area (Å²) in [7, 11) is 0. The second kappa shape index (κ2) is 9.63. The van der Waals surface area contributed by atoms with Crippen LogP contribution in [0, 0.1) is 23.0 Å². The first-order valence-corrected chi connectivity index (χ1v) is 12.0. The number of hydrogen-bond acceptors (Lipinski definition) is 6. The van der Waals surface area contributed by atoms with E-state index in [1.165, 1.54) is 24.5 Å². The molecule has 0 bridgehead atoms. The van der Waals surface area contributed by atoms with Crippen LogP contribution in [0.5, 0.6) is 0 Å². The Bertz CT molecular complexity index is 1340. The van der Waals surface area contributed by atoms with E-state index in [1.807, 2.05) is 6.07 Å². The van der Waals surface area contributed by atoms with Crippen molar-refractivity contribution in [3.05, 3.63) is 77.4 Å². The quantitative estimate of drug-likeness (QED) is 0.565. The van der Waals surface area contributed by atoms with E-state index in [4.69, 9.17) is 5.26 Å². The molecule has 0 saturated carbocycles. The average molecular weight is 489 g/mol. The molecule has 1 spiro atoms. The van der Waals surface area contributed by atoms with Gasteiger partial charge in [-0.2, -0.15) is 5.26 Å². The molecule has 1 amide bonds. The first kappa shape index (κ1) is 23.8. The lowest BCUT2D eigenvalue weighted by Crippen LogP contribution is -2.45. The van der Waals surface area contributed by atoms with E-state index in [0.717, 1.165) is 30.9 Å². The molecule has 9 heteroatoms. The lowest BCUT2D eigenvalue weighted by Gasteiger charge is -2.28. The summed E-state index contributed by atoms with van der Waals surface area (Å²) in [5, 5.41) is 15.7. The molecule has 2 saturated heterocycles. The maximum absolute atomic E-state index is 14.1. The second-order valence-corrected chi connectivity index (χ2v) is 9.62. The fourth-order valence-corrected chi connectivity index (χ4v) is 5.35. The predicted molar refractivity (Wildman–Crippen MR) is 131 cm³/mol. The van der Waals surface area contributed by atoms with Gasteiger partial charge in [-0.15, -0.1) is 0 Å². The summed E-state index contributed by atoms with van der Waals surface area (Å²) in [5.74, 6) is -1.75. The van der Waals surface area contributed by atoms with Crippen LogP contribution in [0.4, 0.5) is 14.5 Å². The third kappa shape index (κ3) is 4.77. The highest BCUT2D eigenvalue weighted by molar-refractivity contribution is 6.03. The van der Waals surface area contributed by atoms with Gasteiger partial charge >= 0.3 is 0 Å². The number of pyridine rings is 2. The first-order valence-electron chi connectivity index (χ1n) is 12.0. The van der Waals surface area contributed by atoms with Crippen molar-refractivity contribution in [2.45, 2.75) is 44.3 Å². The van der Waals surface area contributed by atoms with E-state index in [9.17, 15) is 13.6 Å². The number of hydrogen-bond donors (Lipinski definition) is 2. The molecule has 2 aliphatic rings. The average Bonchev–Trinajstić information content (AvgIpc) is 3.46. The van der Waals surface area contributed by atoms with Crippen LogP contribution in [0.25, 0.3) is 11.1 Å². The van der Waals surface area contributed by atoms with Gasteiger partial charge in [-0.25, -0.2) is 13.8 Å². The highest BCUT2D eigenvalue weighted by atomic mass is 19.1. The van der Waals surface area contributed by atoms with Crippen LogP contribution in [0.1, 0.15) is 47.8 Å². The number of nitriles is 1. The first-order chi connectivity index (χ1) is 17.4. The van der Waals surface area contributed by atoms with Gasteiger partial charge in [0.1, 0.15) is 23.4 Å². The van der Waals surface area contributed by atoms with Crippen molar-refractivity contribution in [2.24, 2.45) is 0 Å². The summed E-state index contributed by atoms with van der Waals surface area (Å²) in [6.07, 6.45) is 7.59. The molecule has 4 heterocycles. The maximum Gasteiger partial charge on any atom is 0.255 e. The molecule has 0 unspecified atom stereocenters. The number of carbonyl (C=O) groups excluding carboxylic acids is 1. The van der Waals surface area contributed by atoms with Gasteiger partial charge in [-0.1, -0.05) is 0 Å². The highest BCUT2D eigenvalue weighted by Gasteiger charge is 2.43. The van der Waals surface area contributed by atoms with E-state index in [2.05, 4.69) is 32.4 Å². The minimum absolute atomic E-state index is 0.0500. The van der Waals surface area contributed by atoms with Gasteiger partial charge in [0.25, 0.3) is 5.91 Å². The summed E-state index contributed by atoms with van der Waals surface area (Å²) in [6, 6.07) is 9.08. The summed E-state index contributed by atoms with van der Waals surface area (Å²) >= 11 is 0. The number of anilines is 1. The number of nitrogens with one attached hydrogen (secondary N) is 2. The summed E-state index contributed by atoms with van der Waals surface area (Å²) in [5.41, 5.74) is 2.71. The molecule has 1 aromatic carbocycles. The van der Waals surface area contributed by atoms with Gasteiger partial charge in [0.05, 0.1) is 11.3 Å². The summed E-state index contributed by atoms with van der Waals surface area (Å²) in [4.78, 5) is 23.7. The summed E-state index contributed by atoms with van der Waals surface area (Å²) < 4.78 is 28.3. The molecule has 7 nitrogen and oxygen atoms in total. The van der Waals surface area contributed by atoms with Gasteiger partial charge in [-0.05, 0) is 61.6 Å². The SMILES string of the molecule is C[C@H]1CC[C@]2(CCN(c3c(C(=O)NCc4ccnc(C#N)c4)cncc3-c3cc(F)cc(F)c3)C2)N1. The van der Waals surface area contributed by atoms with Crippen LogP contribution < -0.4 is 15.5 Å². The Hall–Kier alpha value is -3.90. The largest absolute Gasteiger partial charge is 0.368 e. The molecule has 3 aromatic rings. The van der Waals surface area contributed by atoms with Gasteiger partial charge in [-0.3, -0.25) is 9.78 Å². The molecule has 5 rings (SSSR count). The Morgan fingerprint density at radius 1 is 1.25 bits per heavy atom. The third-order valence-electron chi connectivity index (χ3n) is 7.01. The van der Waals surface area contributed by atoms with Crippen LogP contribution in [0.2, 0.25) is 0 Å². The van der Waals surface area contributed by atoms with Crippen LogP contribution in [0.15, 0.2) is 48.9 Å². The second-order valence-electron chi connectivity index (χ2n) is 9.62. The van der Waals surface area contributed by atoms with E-state index in [0.29, 0.717) is 41.5 Å². The standard InChI is InChI=1S/C27H26F2N6O/c1-17-2-4-27(34-17)5-7-35(16-27)25-23(19-9-20(28)11-21(29)10-19)14-31-15-24(25)26(36)33-13-18-3-6-32-22(8-18)12-30/h3,6,8-11,14-15,17,34H,2,4-5,7,13,16H2,1H3,(H,33,36)/t17-,27+/m0/s1. The van der Waals surface area contributed by atoms with E-state index >= 15 is 0 Å². The van der Waals surface area contributed by atoms with Crippen molar-refractivity contribution in [3.63, 3.8) is 0 Å². The fraction of sp³-hybridized carbons (Fsp3) is 0.333. The number of carbonyl (C=O) groups is 1. The molecule has 184 valence electrons. The van der Waals surface area contributed by atoms with Crippen molar-refractivity contribution in [2.75, 3.05) is 18.0 Å². The maximum atomic E-state index is 14.1. The Kier molecular flexibility index (Phi) is 6.37. The van der Waals surface area contributed by atoms with Crippen LogP contribution in [0.3, 0.4) is 0 Å². The molecular formula is C27H26F2N6O. The molecular weight excluding hydrogens is 462 g/mol. The molecule has 2 fully saturated rings. The zero-order valence-corrected chi connectivity index (χ0v) is 19.9. The van der Waals surface area contributed by atoms with Gasteiger partial charge in [0.15, 0.2) is 0 Å². The molecule has 2 aromatic heterocycles. The van der Waals surface area contributed by atoms with Crippen molar-refractivity contribution >= 4 is 11.6 Å². The zero-order valence-electron chi connectivity index (χ0n) is 19.9. The summed E-state index contributed by atoms with van der Waals surface area (Å²) in [6.45, 7) is 3.74. The van der Waals surface area contributed by atoms with Crippen molar-refractivity contribution < 1.29 is 13.6 Å². The number of benzene rings is 1. The number of nitrogens with zero attached hydrogens (tertiary/aromatic N) is 4. The number of amides is 1. The van der Waals surface area contributed by atoms with E-state index in [1.54, 1.807) is 18.3 Å². The van der Waals surface area contributed by atoms with Gasteiger partial charge in [0.2, 0.25) is 0 Å². The normalized spacial score (nSPS) is 21.1. The molecule has 2 N–H and O–H groups in total. The van der Waals surface area contributed by atoms with E-state index in [-0.39, 0.29) is 23.7 Å². The smallest absolute Gasteiger partial charge is 0.255 e. The molecule has 0 aliphatic carbocycles. The Morgan fingerprint density at radius 2 is 2.06 bits per heavy atom. The van der Waals surface area contributed by atoms with Crippen LogP contribution in [-0.4, -0.2) is 40.5 Å². The number of aromatic nitrogens is 2. The van der Waals surface area contributed by atoms with Gasteiger partial charge in [0, 0.05) is 61.4 Å². The number of halogens is 2. The number of rotatable bonds is 5. The Labute approximate surface area is 208 Å². The zero-order chi connectivity index (χ0) is 25.3. The molecule has 36 heavy (non-hydrogen) atoms. The molecule has 2 aliphatic heterocycles. The fourth-order valence-electron chi connectivity index (χ4n) is 5.35. The van der Waals surface area contributed by atoms with Gasteiger partial charge < -0.3 is 15.5 Å².